The zero-order valence-electron chi connectivity index (χ0n) is 14.0. The summed E-state index contributed by atoms with van der Waals surface area (Å²) in [5.41, 5.74) is 0.754. The van der Waals surface area contributed by atoms with Crippen LogP contribution < -0.4 is 5.32 Å². The van der Waals surface area contributed by atoms with Crippen molar-refractivity contribution in [3.05, 3.63) is 35.6 Å². The average molecular weight is 347 g/mol. The molecular formula is C18H22FN3O3. The molecule has 2 aliphatic rings. The molecule has 0 aliphatic carbocycles. The lowest BCUT2D eigenvalue weighted by Crippen LogP contribution is -2.53. The van der Waals surface area contributed by atoms with Crippen LogP contribution in [0.4, 0.5) is 9.18 Å². The Morgan fingerprint density at radius 2 is 2.08 bits per heavy atom. The SMILES string of the molecule is O=C1CCNC(=O)N1CC(=O)N1CCCCCC1c1cccc(F)c1. The first-order valence-electron chi connectivity index (χ1n) is 8.69. The molecule has 4 amide bonds. The maximum Gasteiger partial charge on any atom is 0.324 e. The number of urea groups is 1. The topological polar surface area (TPSA) is 69.7 Å². The second kappa shape index (κ2) is 7.63. The molecule has 0 saturated carbocycles. The van der Waals surface area contributed by atoms with Gasteiger partial charge in [0.25, 0.3) is 0 Å². The zero-order valence-corrected chi connectivity index (χ0v) is 14.0. The Morgan fingerprint density at radius 1 is 1.24 bits per heavy atom. The van der Waals surface area contributed by atoms with Gasteiger partial charge in [-0.15, -0.1) is 0 Å². The molecule has 2 saturated heterocycles. The molecule has 0 aromatic heterocycles. The number of nitrogens with one attached hydrogen (secondary N) is 1. The Morgan fingerprint density at radius 3 is 2.84 bits per heavy atom. The van der Waals surface area contributed by atoms with Crippen LogP contribution in [0.15, 0.2) is 24.3 Å². The molecule has 0 radical (unpaired) electrons. The summed E-state index contributed by atoms with van der Waals surface area (Å²) in [7, 11) is 0. The van der Waals surface area contributed by atoms with Crippen molar-refractivity contribution < 1.29 is 18.8 Å². The third-order valence-electron chi connectivity index (χ3n) is 4.76. The van der Waals surface area contributed by atoms with Gasteiger partial charge in [-0.25, -0.2) is 9.18 Å². The number of hydrogen-bond acceptors (Lipinski definition) is 3. The van der Waals surface area contributed by atoms with Crippen molar-refractivity contribution >= 4 is 17.8 Å². The van der Waals surface area contributed by atoms with E-state index in [9.17, 15) is 18.8 Å². The fraction of sp³-hybridized carbons (Fsp3) is 0.500. The van der Waals surface area contributed by atoms with Crippen LogP contribution in [0, 0.1) is 5.82 Å². The predicted octanol–water partition coefficient (Wildman–Crippen LogP) is 2.21. The third kappa shape index (κ3) is 3.97. The number of likely N-dealkylation sites (tertiary alicyclic amines) is 1. The summed E-state index contributed by atoms with van der Waals surface area (Å²) in [6.07, 6.45) is 3.76. The highest BCUT2D eigenvalue weighted by molar-refractivity contribution is 6.00. The summed E-state index contributed by atoms with van der Waals surface area (Å²) < 4.78 is 13.6. The first-order chi connectivity index (χ1) is 12.1. The first-order valence-corrected chi connectivity index (χ1v) is 8.69. The van der Waals surface area contributed by atoms with E-state index in [0.717, 1.165) is 36.1 Å². The van der Waals surface area contributed by atoms with E-state index in [0.29, 0.717) is 13.1 Å². The number of imide groups is 1. The molecule has 25 heavy (non-hydrogen) atoms. The highest BCUT2D eigenvalue weighted by atomic mass is 19.1. The van der Waals surface area contributed by atoms with Gasteiger partial charge in [-0.2, -0.15) is 0 Å². The molecule has 0 bridgehead atoms. The van der Waals surface area contributed by atoms with Gasteiger partial charge in [0, 0.05) is 19.5 Å². The summed E-state index contributed by atoms with van der Waals surface area (Å²) in [5.74, 6) is -0.949. The second-order valence-corrected chi connectivity index (χ2v) is 6.47. The van der Waals surface area contributed by atoms with Crippen molar-refractivity contribution in [1.82, 2.24) is 15.1 Å². The summed E-state index contributed by atoms with van der Waals surface area (Å²) in [5, 5.41) is 2.58. The number of carbonyl (C=O) groups is 3. The van der Waals surface area contributed by atoms with Crippen LogP contribution in [0.1, 0.15) is 43.7 Å². The van der Waals surface area contributed by atoms with Crippen molar-refractivity contribution in [3.63, 3.8) is 0 Å². The van der Waals surface area contributed by atoms with Crippen molar-refractivity contribution in [2.75, 3.05) is 19.6 Å². The lowest BCUT2D eigenvalue weighted by Gasteiger charge is -2.33. The monoisotopic (exact) mass is 347 g/mol. The van der Waals surface area contributed by atoms with E-state index in [4.69, 9.17) is 0 Å². The van der Waals surface area contributed by atoms with Gasteiger partial charge in [-0.3, -0.25) is 14.5 Å². The minimum Gasteiger partial charge on any atom is -0.337 e. The number of benzene rings is 1. The molecule has 1 N–H and O–H groups in total. The molecule has 7 heteroatoms. The number of amides is 4. The summed E-state index contributed by atoms with van der Waals surface area (Å²) in [4.78, 5) is 39.3. The van der Waals surface area contributed by atoms with E-state index in [-0.39, 0.29) is 36.6 Å². The maximum absolute atomic E-state index is 13.6. The summed E-state index contributed by atoms with van der Waals surface area (Å²) >= 11 is 0. The maximum atomic E-state index is 13.6. The van der Waals surface area contributed by atoms with Gasteiger partial charge in [0.05, 0.1) is 6.04 Å². The van der Waals surface area contributed by atoms with E-state index in [1.54, 1.807) is 11.0 Å². The van der Waals surface area contributed by atoms with Crippen LogP contribution in [0.2, 0.25) is 0 Å². The average Bonchev–Trinajstić information content (AvgIpc) is 2.84. The minimum absolute atomic E-state index is 0.201. The van der Waals surface area contributed by atoms with Gasteiger partial charge in [0.2, 0.25) is 11.8 Å². The molecule has 1 aromatic carbocycles. The smallest absolute Gasteiger partial charge is 0.324 e. The fourth-order valence-electron chi connectivity index (χ4n) is 3.47. The lowest BCUT2D eigenvalue weighted by atomic mass is 10.0. The van der Waals surface area contributed by atoms with Crippen molar-refractivity contribution in [2.24, 2.45) is 0 Å². The number of carbonyl (C=O) groups excluding carboxylic acids is 3. The molecule has 1 aromatic rings. The van der Waals surface area contributed by atoms with Crippen LogP contribution in [0.5, 0.6) is 0 Å². The van der Waals surface area contributed by atoms with Gasteiger partial charge in [-0.1, -0.05) is 25.0 Å². The molecule has 2 heterocycles. The van der Waals surface area contributed by atoms with Crippen LogP contribution in [-0.4, -0.2) is 47.3 Å². The molecule has 6 nitrogen and oxygen atoms in total. The van der Waals surface area contributed by atoms with Crippen LogP contribution >= 0.6 is 0 Å². The van der Waals surface area contributed by atoms with E-state index in [1.165, 1.54) is 12.1 Å². The predicted molar refractivity (Wildman–Crippen MR) is 89.1 cm³/mol. The molecular weight excluding hydrogens is 325 g/mol. The summed E-state index contributed by atoms with van der Waals surface area (Å²) in [6, 6.07) is 5.53. The van der Waals surface area contributed by atoms with E-state index < -0.39 is 6.03 Å². The standard InChI is InChI=1S/C18H22FN3O3/c19-14-6-4-5-13(11-14)15-7-2-1-3-10-21(15)17(24)12-22-16(23)8-9-20-18(22)25/h4-6,11,15H,1-3,7-10,12H2,(H,20,25). The second-order valence-electron chi connectivity index (χ2n) is 6.47. The van der Waals surface area contributed by atoms with E-state index in [2.05, 4.69) is 5.32 Å². The number of rotatable bonds is 3. The Hall–Kier alpha value is -2.44. The van der Waals surface area contributed by atoms with Crippen molar-refractivity contribution in [2.45, 2.75) is 38.1 Å². The van der Waals surface area contributed by atoms with Gasteiger partial charge < -0.3 is 10.2 Å². The molecule has 3 rings (SSSR count). The third-order valence-corrected chi connectivity index (χ3v) is 4.76. The van der Waals surface area contributed by atoms with Crippen LogP contribution in [0.25, 0.3) is 0 Å². The fourth-order valence-corrected chi connectivity index (χ4v) is 3.47. The van der Waals surface area contributed by atoms with Gasteiger partial charge >= 0.3 is 6.03 Å². The Bertz CT molecular complexity index is 663. The Labute approximate surface area is 146 Å². The Kier molecular flexibility index (Phi) is 5.31. The largest absolute Gasteiger partial charge is 0.337 e. The lowest BCUT2D eigenvalue weighted by molar-refractivity contribution is -0.140. The molecule has 2 fully saturated rings. The zero-order chi connectivity index (χ0) is 17.8. The molecule has 0 spiro atoms. The first kappa shape index (κ1) is 17.4. The van der Waals surface area contributed by atoms with E-state index in [1.807, 2.05) is 6.07 Å². The number of hydrogen-bond donors (Lipinski definition) is 1. The normalized spacial score (nSPS) is 21.7. The molecule has 1 unspecified atom stereocenters. The van der Waals surface area contributed by atoms with Gasteiger partial charge in [0.15, 0.2) is 0 Å². The molecule has 2 aliphatic heterocycles. The van der Waals surface area contributed by atoms with Crippen molar-refractivity contribution in [3.8, 4) is 0 Å². The van der Waals surface area contributed by atoms with Crippen LogP contribution in [0.3, 0.4) is 0 Å². The van der Waals surface area contributed by atoms with Gasteiger partial charge in [0.1, 0.15) is 12.4 Å². The highest BCUT2D eigenvalue weighted by Gasteiger charge is 2.32. The molecule has 1 atom stereocenters. The van der Waals surface area contributed by atoms with Crippen molar-refractivity contribution in [1.29, 1.82) is 0 Å². The number of halogens is 1. The van der Waals surface area contributed by atoms with Gasteiger partial charge in [-0.05, 0) is 30.5 Å². The minimum atomic E-state index is -0.526. The Balaban J connectivity index is 1.79. The van der Waals surface area contributed by atoms with E-state index >= 15 is 0 Å². The number of nitrogens with zero attached hydrogens (tertiary/aromatic N) is 2. The summed E-state index contributed by atoms with van der Waals surface area (Å²) in [6.45, 7) is 0.581. The van der Waals surface area contributed by atoms with Crippen LogP contribution in [-0.2, 0) is 9.59 Å². The highest BCUT2D eigenvalue weighted by Crippen LogP contribution is 2.30. The molecule has 134 valence electrons. The quantitative estimate of drug-likeness (QED) is 0.911.